The minimum absolute atomic E-state index is 0.105. The van der Waals surface area contributed by atoms with Gasteiger partial charge in [-0.15, -0.1) is 10.2 Å². The van der Waals surface area contributed by atoms with Crippen molar-refractivity contribution in [1.82, 2.24) is 10.2 Å². The highest BCUT2D eigenvalue weighted by Gasteiger charge is 2.18. The third-order valence-electron chi connectivity index (χ3n) is 3.69. The number of aryl methyl sites for hydroxylation is 2. The average Bonchev–Trinajstić information content (AvgIpc) is 3.04. The summed E-state index contributed by atoms with van der Waals surface area (Å²) in [6.07, 6.45) is 0. The molecule has 0 bridgehead atoms. The molecule has 0 unspecified atom stereocenters. The molecule has 0 saturated carbocycles. The maximum absolute atomic E-state index is 12.5. The predicted molar refractivity (Wildman–Crippen MR) is 105 cm³/mol. The largest absolute Gasteiger partial charge is 0.330 e. The summed E-state index contributed by atoms with van der Waals surface area (Å²) in [5.41, 5.74) is 4.06. The molecule has 0 aliphatic carbocycles. The highest BCUT2D eigenvalue weighted by molar-refractivity contribution is 8.02. The molecule has 1 aromatic heterocycles. The summed E-state index contributed by atoms with van der Waals surface area (Å²) in [7, 11) is 0. The summed E-state index contributed by atoms with van der Waals surface area (Å²) in [4.78, 5) is 12.5. The molecule has 0 aliphatic rings. The standard InChI is InChI=1S/C19H19N3OS2/c1-12-4-8-15(9-5-12)17(23)14(3)24-19-22-21-18(25-19)20-16-10-6-13(2)7-11-16/h4-11,14H,1-3H3,(H,20,21)/t14-/m0/s1. The van der Waals surface area contributed by atoms with E-state index in [1.165, 1.54) is 28.7 Å². The van der Waals surface area contributed by atoms with Crippen LogP contribution in [0.2, 0.25) is 0 Å². The minimum atomic E-state index is -0.206. The number of anilines is 2. The molecule has 3 rings (SSSR count). The lowest BCUT2D eigenvalue weighted by Crippen LogP contribution is -2.13. The third-order valence-corrected chi connectivity index (χ3v) is 5.72. The Kier molecular flexibility index (Phi) is 5.50. The predicted octanol–water partition coefficient (Wildman–Crippen LogP) is 5.26. The first kappa shape index (κ1) is 17.6. The Hall–Kier alpha value is -2.18. The first-order chi connectivity index (χ1) is 12.0. The molecule has 4 nitrogen and oxygen atoms in total. The van der Waals surface area contributed by atoms with E-state index in [-0.39, 0.29) is 11.0 Å². The van der Waals surface area contributed by atoms with Crippen LogP contribution in [0, 0.1) is 13.8 Å². The second kappa shape index (κ2) is 7.80. The van der Waals surface area contributed by atoms with Gasteiger partial charge in [0.05, 0.1) is 5.25 Å². The molecule has 25 heavy (non-hydrogen) atoms. The molecule has 0 amide bonds. The van der Waals surface area contributed by atoms with Gasteiger partial charge in [0, 0.05) is 11.3 Å². The summed E-state index contributed by atoms with van der Waals surface area (Å²) >= 11 is 2.89. The summed E-state index contributed by atoms with van der Waals surface area (Å²) in [6, 6.07) is 15.8. The number of nitrogens with one attached hydrogen (secondary N) is 1. The molecule has 1 N–H and O–H groups in total. The number of ketones is 1. The SMILES string of the molecule is Cc1ccc(Nc2nnc(S[C@@H](C)C(=O)c3ccc(C)cc3)s2)cc1. The van der Waals surface area contributed by atoms with Crippen molar-refractivity contribution >= 4 is 39.7 Å². The van der Waals surface area contributed by atoms with Gasteiger partial charge in [-0.3, -0.25) is 4.79 Å². The number of aromatic nitrogens is 2. The van der Waals surface area contributed by atoms with Crippen LogP contribution in [0.3, 0.4) is 0 Å². The summed E-state index contributed by atoms with van der Waals surface area (Å²) < 4.78 is 0.780. The van der Waals surface area contributed by atoms with Crippen molar-refractivity contribution in [2.45, 2.75) is 30.4 Å². The van der Waals surface area contributed by atoms with E-state index >= 15 is 0 Å². The lowest BCUT2D eigenvalue weighted by Gasteiger charge is -2.08. The van der Waals surface area contributed by atoms with E-state index in [2.05, 4.69) is 22.4 Å². The van der Waals surface area contributed by atoms with E-state index in [0.717, 1.165) is 26.3 Å². The highest BCUT2D eigenvalue weighted by atomic mass is 32.2. The Labute approximate surface area is 155 Å². The van der Waals surface area contributed by atoms with Crippen LogP contribution in [0.1, 0.15) is 28.4 Å². The number of carbonyl (C=O) groups is 1. The van der Waals surface area contributed by atoms with Gasteiger partial charge in [0.2, 0.25) is 5.13 Å². The molecule has 3 aromatic rings. The maximum atomic E-state index is 12.5. The van der Waals surface area contributed by atoms with E-state index in [1.807, 2.05) is 62.4 Å². The van der Waals surface area contributed by atoms with Crippen molar-refractivity contribution in [3.8, 4) is 0 Å². The highest BCUT2D eigenvalue weighted by Crippen LogP contribution is 2.31. The molecule has 0 radical (unpaired) electrons. The Morgan fingerprint density at radius 2 is 1.60 bits per heavy atom. The topological polar surface area (TPSA) is 54.9 Å². The van der Waals surface area contributed by atoms with E-state index < -0.39 is 0 Å². The van der Waals surface area contributed by atoms with Gasteiger partial charge in [0.1, 0.15) is 0 Å². The summed E-state index contributed by atoms with van der Waals surface area (Å²) in [5, 5.41) is 12.1. The van der Waals surface area contributed by atoms with Crippen molar-refractivity contribution in [2.75, 3.05) is 5.32 Å². The molecule has 0 spiro atoms. The Balaban J connectivity index is 1.63. The van der Waals surface area contributed by atoms with Gasteiger partial charge in [-0.25, -0.2) is 0 Å². The van der Waals surface area contributed by atoms with Crippen LogP contribution >= 0.6 is 23.1 Å². The zero-order chi connectivity index (χ0) is 17.8. The molecule has 1 heterocycles. The second-order valence-electron chi connectivity index (χ2n) is 5.85. The zero-order valence-corrected chi connectivity index (χ0v) is 15.9. The molecule has 128 valence electrons. The van der Waals surface area contributed by atoms with Crippen molar-refractivity contribution < 1.29 is 4.79 Å². The van der Waals surface area contributed by atoms with E-state index in [4.69, 9.17) is 0 Å². The van der Waals surface area contributed by atoms with Crippen molar-refractivity contribution in [2.24, 2.45) is 0 Å². The first-order valence-corrected chi connectivity index (χ1v) is 9.65. The number of Topliss-reactive ketones (excluding diaryl/α,β-unsaturated/α-hetero) is 1. The molecular formula is C19H19N3OS2. The molecule has 2 aromatic carbocycles. The molecular weight excluding hydrogens is 350 g/mol. The van der Waals surface area contributed by atoms with Crippen LogP contribution in [-0.2, 0) is 0 Å². The smallest absolute Gasteiger partial charge is 0.210 e. The molecule has 6 heteroatoms. The van der Waals surface area contributed by atoms with Gasteiger partial charge in [0.15, 0.2) is 10.1 Å². The fraction of sp³-hybridized carbons (Fsp3) is 0.211. The van der Waals surface area contributed by atoms with Crippen LogP contribution in [0.15, 0.2) is 52.9 Å². The van der Waals surface area contributed by atoms with Gasteiger partial charge in [-0.2, -0.15) is 0 Å². The number of hydrogen-bond acceptors (Lipinski definition) is 6. The number of hydrogen-bond donors (Lipinski definition) is 1. The number of nitrogens with zero attached hydrogens (tertiary/aromatic N) is 2. The van der Waals surface area contributed by atoms with Crippen LogP contribution in [-0.4, -0.2) is 21.2 Å². The van der Waals surface area contributed by atoms with Crippen LogP contribution in [0.25, 0.3) is 0 Å². The number of thioether (sulfide) groups is 1. The van der Waals surface area contributed by atoms with Crippen molar-refractivity contribution in [3.63, 3.8) is 0 Å². The van der Waals surface area contributed by atoms with E-state index in [0.29, 0.717) is 0 Å². The monoisotopic (exact) mass is 369 g/mol. The first-order valence-electron chi connectivity index (χ1n) is 7.96. The Morgan fingerprint density at radius 1 is 1.00 bits per heavy atom. The average molecular weight is 370 g/mol. The second-order valence-corrected chi connectivity index (χ2v) is 8.42. The Morgan fingerprint density at radius 3 is 2.24 bits per heavy atom. The van der Waals surface area contributed by atoms with E-state index in [1.54, 1.807) is 0 Å². The normalized spacial score (nSPS) is 12.0. The number of carbonyl (C=O) groups excluding carboxylic acids is 1. The fourth-order valence-corrected chi connectivity index (χ4v) is 4.22. The third kappa shape index (κ3) is 4.67. The Bertz CT molecular complexity index is 857. The maximum Gasteiger partial charge on any atom is 0.210 e. The molecule has 1 atom stereocenters. The van der Waals surface area contributed by atoms with Gasteiger partial charge in [-0.05, 0) is 32.9 Å². The minimum Gasteiger partial charge on any atom is -0.330 e. The van der Waals surface area contributed by atoms with Crippen molar-refractivity contribution in [3.05, 3.63) is 65.2 Å². The zero-order valence-electron chi connectivity index (χ0n) is 14.3. The number of rotatable bonds is 6. The van der Waals surface area contributed by atoms with Gasteiger partial charge in [0.25, 0.3) is 0 Å². The molecule has 0 aliphatic heterocycles. The van der Waals surface area contributed by atoms with E-state index in [9.17, 15) is 4.79 Å². The van der Waals surface area contributed by atoms with Gasteiger partial charge < -0.3 is 5.32 Å². The molecule has 0 saturated heterocycles. The lowest BCUT2D eigenvalue weighted by molar-refractivity contribution is 0.0994. The van der Waals surface area contributed by atoms with Crippen LogP contribution in [0.4, 0.5) is 10.8 Å². The quantitative estimate of drug-likeness (QED) is 0.474. The van der Waals surface area contributed by atoms with Crippen LogP contribution in [0.5, 0.6) is 0 Å². The van der Waals surface area contributed by atoms with Gasteiger partial charge >= 0.3 is 0 Å². The number of benzene rings is 2. The lowest BCUT2D eigenvalue weighted by atomic mass is 10.1. The van der Waals surface area contributed by atoms with Gasteiger partial charge in [-0.1, -0.05) is 70.6 Å². The fourth-order valence-electron chi connectivity index (χ4n) is 2.23. The van der Waals surface area contributed by atoms with Crippen LogP contribution < -0.4 is 5.32 Å². The molecule has 0 fully saturated rings. The summed E-state index contributed by atoms with van der Waals surface area (Å²) in [6.45, 7) is 5.97. The van der Waals surface area contributed by atoms with Crippen molar-refractivity contribution in [1.29, 1.82) is 0 Å². The summed E-state index contributed by atoms with van der Waals surface area (Å²) in [5.74, 6) is 0.105.